The van der Waals surface area contributed by atoms with E-state index in [4.69, 9.17) is 0 Å². The van der Waals surface area contributed by atoms with Crippen LogP contribution in [-0.4, -0.2) is 43.1 Å². The molecule has 0 aromatic carbocycles. The molecule has 2 rings (SSSR count). The first-order chi connectivity index (χ1) is 8.29. The van der Waals surface area contributed by atoms with Crippen molar-refractivity contribution in [3.05, 3.63) is 30.1 Å². The van der Waals surface area contributed by atoms with Crippen molar-refractivity contribution in [2.75, 3.05) is 27.2 Å². The Hall–Kier alpha value is -0.930. The maximum absolute atomic E-state index is 4.04. The van der Waals surface area contributed by atoms with Gasteiger partial charge in [-0.1, -0.05) is 0 Å². The number of nitrogens with one attached hydrogen (secondary N) is 1. The molecule has 1 N–H and O–H groups in total. The monoisotopic (exact) mass is 233 g/mol. The number of pyridine rings is 1. The van der Waals surface area contributed by atoms with E-state index in [1.165, 1.54) is 18.4 Å². The van der Waals surface area contributed by atoms with Gasteiger partial charge in [-0.25, -0.2) is 0 Å². The van der Waals surface area contributed by atoms with Gasteiger partial charge >= 0.3 is 0 Å². The van der Waals surface area contributed by atoms with Crippen LogP contribution in [0.5, 0.6) is 0 Å². The zero-order chi connectivity index (χ0) is 12.1. The van der Waals surface area contributed by atoms with Gasteiger partial charge in [0.25, 0.3) is 0 Å². The smallest absolute Gasteiger partial charge is 0.0270 e. The molecule has 0 spiro atoms. The number of rotatable bonds is 7. The molecule has 1 heterocycles. The first kappa shape index (κ1) is 12.5. The Bertz CT molecular complexity index is 321. The highest BCUT2D eigenvalue weighted by atomic mass is 15.1. The van der Waals surface area contributed by atoms with Crippen molar-refractivity contribution in [3.8, 4) is 0 Å². The molecule has 1 saturated carbocycles. The van der Waals surface area contributed by atoms with Gasteiger partial charge in [0.15, 0.2) is 0 Å². The summed E-state index contributed by atoms with van der Waals surface area (Å²) in [6.45, 7) is 2.28. The molecular formula is C14H23N3. The summed E-state index contributed by atoms with van der Waals surface area (Å²) in [5.74, 6) is 0.920. The van der Waals surface area contributed by atoms with Gasteiger partial charge in [-0.05, 0) is 57.0 Å². The summed E-state index contributed by atoms with van der Waals surface area (Å²) in [7, 11) is 4.30. The van der Waals surface area contributed by atoms with E-state index in [0.29, 0.717) is 6.04 Å². The minimum Gasteiger partial charge on any atom is -0.315 e. The maximum Gasteiger partial charge on any atom is 0.0270 e. The number of hydrogen-bond donors (Lipinski definition) is 1. The highest BCUT2D eigenvalue weighted by Gasteiger charge is 2.30. The second-order valence-electron chi connectivity index (χ2n) is 5.10. The van der Waals surface area contributed by atoms with Crippen LogP contribution in [0.25, 0.3) is 0 Å². The van der Waals surface area contributed by atoms with Crippen LogP contribution in [-0.2, 0) is 6.42 Å². The van der Waals surface area contributed by atoms with Crippen molar-refractivity contribution in [1.29, 1.82) is 0 Å². The topological polar surface area (TPSA) is 28.2 Å². The molecule has 0 aliphatic heterocycles. The molecule has 0 amide bonds. The molecule has 3 heteroatoms. The molecule has 17 heavy (non-hydrogen) atoms. The molecule has 1 aliphatic rings. The lowest BCUT2D eigenvalue weighted by atomic mass is 10.1. The van der Waals surface area contributed by atoms with Crippen LogP contribution in [0.15, 0.2) is 24.5 Å². The van der Waals surface area contributed by atoms with Crippen LogP contribution in [0, 0.1) is 5.92 Å². The maximum atomic E-state index is 4.04. The van der Waals surface area contributed by atoms with Gasteiger partial charge in [-0.2, -0.15) is 0 Å². The summed E-state index contributed by atoms with van der Waals surface area (Å²) < 4.78 is 0. The van der Waals surface area contributed by atoms with Gasteiger partial charge in [-0.15, -0.1) is 0 Å². The van der Waals surface area contributed by atoms with E-state index in [-0.39, 0.29) is 0 Å². The van der Waals surface area contributed by atoms with Gasteiger partial charge < -0.3 is 10.2 Å². The van der Waals surface area contributed by atoms with Gasteiger partial charge in [0, 0.05) is 31.5 Å². The first-order valence-corrected chi connectivity index (χ1v) is 6.54. The second kappa shape index (κ2) is 6.12. The van der Waals surface area contributed by atoms with E-state index < -0.39 is 0 Å². The first-order valence-electron chi connectivity index (χ1n) is 6.54. The third-order valence-corrected chi connectivity index (χ3v) is 3.60. The fraction of sp³-hybridized carbons (Fsp3) is 0.643. The van der Waals surface area contributed by atoms with Crippen LogP contribution in [0.1, 0.15) is 18.4 Å². The molecule has 1 aliphatic carbocycles. The van der Waals surface area contributed by atoms with Gasteiger partial charge in [0.1, 0.15) is 0 Å². The van der Waals surface area contributed by atoms with Crippen LogP contribution >= 0.6 is 0 Å². The quantitative estimate of drug-likeness (QED) is 0.774. The standard InChI is InChI=1S/C14H23N3/c1-15-14(13-3-4-13)11-17(2)10-7-12-5-8-16-9-6-12/h5-6,8-9,13-15H,3-4,7,10-11H2,1-2H3. The van der Waals surface area contributed by atoms with Crippen molar-refractivity contribution < 1.29 is 0 Å². The predicted octanol–water partition coefficient (Wildman–Crippen LogP) is 1.55. The van der Waals surface area contributed by atoms with E-state index in [1.807, 2.05) is 12.4 Å². The Morgan fingerprint density at radius 3 is 2.71 bits per heavy atom. The van der Waals surface area contributed by atoms with E-state index in [2.05, 4.69) is 41.4 Å². The Morgan fingerprint density at radius 1 is 1.41 bits per heavy atom. The molecule has 0 bridgehead atoms. The van der Waals surface area contributed by atoms with E-state index in [1.54, 1.807) is 0 Å². The molecule has 1 aromatic rings. The number of aromatic nitrogens is 1. The van der Waals surface area contributed by atoms with Crippen molar-refractivity contribution in [2.24, 2.45) is 5.92 Å². The number of likely N-dealkylation sites (N-methyl/N-ethyl adjacent to an activating group) is 2. The average Bonchev–Trinajstić information content (AvgIpc) is 3.19. The lowest BCUT2D eigenvalue weighted by Crippen LogP contribution is -2.39. The zero-order valence-electron chi connectivity index (χ0n) is 10.9. The Labute approximate surface area is 104 Å². The Kier molecular flexibility index (Phi) is 4.51. The third-order valence-electron chi connectivity index (χ3n) is 3.60. The fourth-order valence-corrected chi connectivity index (χ4v) is 2.27. The Balaban J connectivity index is 1.71. The van der Waals surface area contributed by atoms with Crippen molar-refractivity contribution in [2.45, 2.75) is 25.3 Å². The lowest BCUT2D eigenvalue weighted by molar-refractivity contribution is 0.283. The molecule has 94 valence electrons. The van der Waals surface area contributed by atoms with Gasteiger partial charge in [-0.3, -0.25) is 4.98 Å². The largest absolute Gasteiger partial charge is 0.315 e. The van der Waals surface area contributed by atoms with Crippen LogP contribution in [0.3, 0.4) is 0 Å². The van der Waals surface area contributed by atoms with Crippen LogP contribution in [0.4, 0.5) is 0 Å². The van der Waals surface area contributed by atoms with E-state index in [0.717, 1.165) is 25.4 Å². The molecule has 1 atom stereocenters. The summed E-state index contributed by atoms with van der Waals surface area (Å²) in [4.78, 5) is 6.47. The molecular weight excluding hydrogens is 210 g/mol. The van der Waals surface area contributed by atoms with Gasteiger partial charge in [0.05, 0.1) is 0 Å². The van der Waals surface area contributed by atoms with Crippen molar-refractivity contribution in [3.63, 3.8) is 0 Å². The lowest BCUT2D eigenvalue weighted by Gasteiger charge is -2.23. The van der Waals surface area contributed by atoms with Crippen molar-refractivity contribution >= 4 is 0 Å². The number of nitrogens with zero attached hydrogens (tertiary/aromatic N) is 2. The molecule has 1 aromatic heterocycles. The fourth-order valence-electron chi connectivity index (χ4n) is 2.27. The Morgan fingerprint density at radius 2 is 2.12 bits per heavy atom. The predicted molar refractivity (Wildman–Crippen MR) is 71.0 cm³/mol. The molecule has 0 radical (unpaired) electrons. The van der Waals surface area contributed by atoms with Crippen LogP contribution < -0.4 is 5.32 Å². The molecule has 3 nitrogen and oxygen atoms in total. The summed E-state index contributed by atoms with van der Waals surface area (Å²) in [5, 5.41) is 3.44. The summed E-state index contributed by atoms with van der Waals surface area (Å²) in [6.07, 6.45) is 7.67. The van der Waals surface area contributed by atoms with E-state index in [9.17, 15) is 0 Å². The highest BCUT2D eigenvalue weighted by molar-refractivity contribution is 5.09. The average molecular weight is 233 g/mol. The normalized spacial score (nSPS) is 17.4. The van der Waals surface area contributed by atoms with Gasteiger partial charge in [0.2, 0.25) is 0 Å². The van der Waals surface area contributed by atoms with E-state index >= 15 is 0 Å². The SMILES string of the molecule is CNC(CN(C)CCc1ccncc1)C1CC1. The molecule has 0 saturated heterocycles. The zero-order valence-corrected chi connectivity index (χ0v) is 10.9. The third kappa shape index (κ3) is 4.10. The second-order valence-corrected chi connectivity index (χ2v) is 5.10. The summed E-state index contributed by atoms with van der Waals surface area (Å²) in [5.41, 5.74) is 1.37. The number of hydrogen-bond acceptors (Lipinski definition) is 3. The summed E-state index contributed by atoms with van der Waals surface area (Å²) >= 11 is 0. The highest BCUT2D eigenvalue weighted by Crippen LogP contribution is 2.32. The molecule has 1 fully saturated rings. The summed E-state index contributed by atoms with van der Waals surface area (Å²) in [6, 6.07) is 4.88. The minimum absolute atomic E-state index is 0.678. The van der Waals surface area contributed by atoms with Crippen LogP contribution in [0.2, 0.25) is 0 Å². The molecule has 1 unspecified atom stereocenters. The van der Waals surface area contributed by atoms with Crippen molar-refractivity contribution in [1.82, 2.24) is 15.2 Å². The minimum atomic E-state index is 0.678.